The Kier molecular flexibility index (Phi) is 3.33. The van der Waals surface area contributed by atoms with Gasteiger partial charge in [0.15, 0.2) is 0 Å². The average Bonchev–Trinajstić information content (AvgIpc) is 2.39. The van der Waals surface area contributed by atoms with Crippen LogP contribution < -0.4 is 0 Å². The van der Waals surface area contributed by atoms with E-state index in [9.17, 15) is 8.76 Å². The Morgan fingerprint density at radius 1 is 1.06 bits per heavy atom. The molecule has 0 aliphatic carbocycles. The molecule has 0 aliphatic heterocycles. The fourth-order valence-electron chi connectivity index (χ4n) is 1.53. The van der Waals surface area contributed by atoms with Crippen LogP contribution >= 0.6 is 0 Å². The molecule has 0 N–H and O–H groups in total. The summed E-state index contributed by atoms with van der Waals surface area (Å²) >= 11 is -2.20. The predicted molar refractivity (Wildman–Crippen MR) is 63.8 cm³/mol. The standard InChI is InChI=1S/C13H9NO2S/c14-9-10-2-1-3-12(8-10)11-4-6-13(7-5-11)17(15)16/h1-8H,(H,15,16)/p-1. The molecule has 2 aromatic rings. The molecule has 0 aliphatic rings. The molecule has 0 heterocycles. The summed E-state index contributed by atoms with van der Waals surface area (Å²) in [4.78, 5) is 0.255. The molecular formula is C13H8NO2S-. The molecule has 0 spiro atoms. The highest BCUT2D eigenvalue weighted by molar-refractivity contribution is 7.79. The van der Waals surface area contributed by atoms with Crippen LogP contribution in [0.4, 0.5) is 0 Å². The summed E-state index contributed by atoms with van der Waals surface area (Å²) in [6, 6.07) is 15.8. The van der Waals surface area contributed by atoms with Crippen molar-refractivity contribution in [1.29, 1.82) is 5.26 Å². The fraction of sp³-hybridized carbons (Fsp3) is 0. The third-order valence-electron chi connectivity index (χ3n) is 2.37. The maximum atomic E-state index is 10.7. The Balaban J connectivity index is 2.40. The van der Waals surface area contributed by atoms with Crippen molar-refractivity contribution in [1.82, 2.24) is 0 Å². The number of rotatable bonds is 2. The van der Waals surface area contributed by atoms with Crippen LogP contribution in [0.3, 0.4) is 0 Å². The third-order valence-corrected chi connectivity index (χ3v) is 3.03. The van der Waals surface area contributed by atoms with Crippen molar-refractivity contribution >= 4 is 11.1 Å². The lowest BCUT2D eigenvalue weighted by molar-refractivity contribution is 0.537. The van der Waals surface area contributed by atoms with Crippen molar-refractivity contribution in [3.05, 3.63) is 54.1 Å². The van der Waals surface area contributed by atoms with Crippen LogP contribution in [-0.2, 0) is 11.1 Å². The van der Waals surface area contributed by atoms with Gasteiger partial charge >= 0.3 is 0 Å². The van der Waals surface area contributed by atoms with Gasteiger partial charge in [0.05, 0.1) is 11.6 Å². The lowest BCUT2D eigenvalue weighted by atomic mass is 10.0. The molecule has 0 aromatic heterocycles. The molecule has 0 fully saturated rings. The first-order valence-corrected chi connectivity index (χ1v) is 5.98. The predicted octanol–water partition coefficient (Wildman–Crippen LogP) is 2.46. The largest absolute Gasteiger partial charge is 0.768 e. The van der Waals surface area contributed by atoms with Crippen molar-refractivity contribution in [2.24, 2.45) is 0 Å². The zero-order valence-corrected chi connectivity index (χ0v) is 9.61. The van der Waals surface area contributed by atoms with Gasteiger partial charge in [-0.05, 0) is 46.5 Å². The highest BCUT2D eigenvalue weighted by atomic mass is 32.2. The van der Waals surface area contributed by atoms with Crippen molar-refractivity contribution in [2.75, 3.05) is 0 Å². The minimum absolute atomic E-state index is 0.255. The summed E-state index contributed by atoms with van der Waals surface area (Å²) in [6.45, 7) is 0. The van der Waals surface area contributed by atoms with Gasteiger partial charge in [0.1, 0.15) is 0 Å². The smallest absolute Gasteiger partial charge is 0.0991 e. The topological polar surface area (TPSA) is 63.9 Å². The lowest BCUT2D eigenvalue weighted by Crippen LogP contribution is -1.88. The van der Waals surface area contributed by atoms with E-state index in [4.69, 9.17) is 5.26 Å². The zero-order chi connectivity index (χ0) is 12.3. The van der Waals surface area contributed by atoms with E-state index < -0.39 is 11.1 Å². The fourth-order valence-corrected chi connectivity index (χ4v) is 1.89. The SMILES string of the molecule is N#Cc1cccc(-c2ccc(S(=O)[O-])cc2)c1. The Hall–Kier alpha value is -1.96. The number of nitrogens with zero attached hydrogens (tertiary/aromatic N) is 1. The number of hydrogen-bond acceptors (Lipinski definition) is 3. The second-order valence-corrected chi connectivity index (χ2v) is 4.39. The van der Waals surface area contributed by atoms with Crippen LogP contribution in [0.1, 0.15) is 5.56 Å². The summed E-state index contributed by atoms with van der Waals surface area (Å²) in [5.41, 5.74) is 2.36. The number of nitriles is 1. The molecule has 2 rings (SSSR count). The van der Waals surface area contributed by atoms with Crippen LogP contribution in [0.15, 0.2) is 53.4 Å². The Morgan fingerprint density at radius 2 is 1.76 bits per heavy atom. The van der Waals surface area contributed by atoms with Crippen molar-refractivity contribution in [3.63, 3.8) is 0 Å². The van der Waals surface area contributed by atoms with Gasteiger partial charge in [0.2, 0.25) is 0 Å². The molecule has 0 saturated carbocycles. The number of hydrogen-bond donors (Lipinski definition) is 0. The molecule has 17 heavy (non-hydrogen) atoms. The average molecular weight is 242 g/mol. The van der Waals surface area contributed by atoms with Crippen LogP contribution in [-0.4, -0.2) is 8.76 Å². The van der Waals surface area contributed by atoms with Crippen LogP contribution in [0.25, 0.3) is 11.1 Å². The van der Waals surface area contributed by atoms with Gasteiger partial charge < -0.3 is 4.55 Å². The molecule has 2 aromatic carbocycles. The van der Waals surface area contributed by atoms with E-state index in [1.807, 2.05) is 6.07 Å². The van der Waals surface area contributed by atoms with E-state index >= 15 is 0 Å². The summed E-state index contributed by atoms with van der Waals surface area (Å²) in [5, 5.41) is 8.79. The van der Waals surface area contributed by atoms with E-state index in [2.05, 4.69) is 6.07 Å². The second kappa shape index (κ2) is 4.91. The van der Waals surface area contributed by atoms with E-state index in [-0.39, 0.29) is 4.90 Å². The Bertz CT molecular complexity index is 600. The lowest BCUT2D eigenvalue weighted by Gasteiger charge is -2.06. The molecule has 0 bridgehead atoms. The van der Waals surface area contributed by atoms with Crippen molar-refractivity contribution in [3.8, 4) is 17.2 Å². The highest BCUT2D eigenvalue weighted by Gasteiger charge is 1.99. The van der Waals surface area contributed by atoms with Crippen LogP contribution in [0.2, 0.25) is 0 Å². The first-order chi connectivity index (χ1) is 8.20. The van der Waals surface area contributed by atoms with Gasteiger partial charge in [-0.2, -0.15) is 5.26 Å². The Morgan fingerprint density at radius 3 is 2.35 bits per heavy atom. The normalized spacial score (nSPS) is 11.8. The van der Waals surface area contributed by atoms with Gasteiger partial charge in [0, 0.05) is 4.90 Å². The maximum Gasteiger partial charge on any atom is 0.0991 e. The summed E-state index contributed by atoms with van der Waals surface area (Å²) < 4.78 is 21.4. The van der Waals surface area contributed by atoms with Crippen LogP contribution in [0, 0.1) is 11.3 Å². The quantitative estimate of drug-likeness (QED) is 0.760. The van der Waals surface area contributed by atoms with Gasteiger partial charge in [-0.1, -0.05) is 24.3 Å². The molecular weight excluding hydrogens is 234 g/mol. The van der Waals surface area contributed by atoms with Gasteiger partial charge in [-0.25, -0.2) is 0 Å². The van der Waals surface area contributed by atoms with E-state index in [0.29, 0.717) is 5.56 Å². The molecule has 3 nitrogen and oxygen atoms in total. The van der Waals surface area contributed by atoms with Gasteiger partial charge in [-0.15, -0.1) is 0 Å². The Labute approximate surface area is 102 Å². The van der Waals surface area contributed by atoms with E-state index in [0.717, 1.165) is 11.1 Å². The second-order valence-electron chi connectivity index (χ2n) is 3.45. The van der Waals surface area contributed by atoms with Gasteiger partial charge in [0.25, 0.3) is 0 Å². The molecule has 84 valence electrons. The summed E-state index contributed by atoms with van der Waals surface area (Å²) in [6.07, 6.45) is 0. The molecule has 1 atom stereocenters. The number of benzene rings is 2. The highest BCUT2D eigenvalue weighted by Crippen LogP contribution is 2.21. The molecule has 0 radical (unpaired) electrons. The maximum absolute atomic E-state index is 10.7. The van der Waals surface area contributed by atoms with E-state index in [1.165, 1.54) is 12.1 Å². The van der Waals surface area contributed by atoms with Gasteiger partial charge in [-0.3, -0.25) is 4.21 Å². The first kappa shape index (κ1) is 11.5. The van der Waals surface area contributed by atoms with Crippen LogP contribution in [0.5, 0.6) is 0 Å². The first-order valence-electron chi connectivity index (χ1n) is 4.90. The monoisotopic (exact) mass is 242 g/mol. The zero-order valence-electron chi connectivity index (χ0n) is 8.79. The molecule has 4 heteroatoms. The minimum atomic E-state index is -2.20. The van der Waals surface area contributed by atoms with Crippen molar-refractivity contribution < 1.29 is 8.76 Å². The third kappa shape index (κ3) is 2.59. The summed E-state index contributed by atoms with van der Waals surface area (Å²) in [5.74, 6) is 0. The minimum Gasteiger partial charge on any atom is -0.768 e. The molecule has 0 saturated heterocycles. The van der Waals surface area contributed by atoms with E-state index in [1.54, 1.807) is 30.3 Å². The summed E-state index contributed by atoms with van der Waals surface area (Å²) in [7, 11) is 0. The molecule has 0 amide bonds. The van der Waals surface area contributed by atoms with Crippen molar-refractivity contribution in [2.45, 2.75) is 4.90 Å². The molecule has 1 unspecified atom stereocenters.